The summed E-state index contributed by atoms with van der Waals surface area (Å²) in [7, 11) is 3.51. The molecule has 22 heavy (non-hydrogen) atoms. The van der Waals surface area contributed by atoms with E-state index in [2.05, 4.69) is 24.5 Å². The minimum absolute atomic E-state index is 0.0539. The van der Waals surface area contributed by atoms with Crippen LogP contribution in [0.4, 0.5) is 5.69 Å². The molecule has 1 rings (SSSR count). The minimum Gasteiger partial charge on any atom is -0.349 e. The Labute approximate surface area is 133 Å². The highest BCUT2D eigenvalue weighted by Gasteiger charge is 2.07. The number of carbonyl (C=O) groups is 2. The Morgan fingerprint density at radius 3 is 2.64 bits per heavy atom. The molecule has 122 valence electrons. The molecule has 1 aromatic rings. The maximum Gasteiger partial charge on any atom is 0.238 e. The Bertz CT molecular complexity index is 500. The van der Waals surface area contributed by atoms with Gasteiger partial charge in [0.15, 0.2) is 0 Å². The standard InChI is InChI=1S/C17H27N3O2/c1-5-13(2)18-12-16(21)19-15-8-6-7-14(11-15)9-10-17(22)20(3)4/h6-8,11,13,18H,5,9-10,12H2,1-4H3,(H,19,21). The van der Waals surface area contributed by atoms with Gasteiger partial charge in [-0.3, -0.25) is 9.59 Å². The smallest absolute Gasteiger partial charge is 0.238 e. The van der Waals surface area contributed by atoms with Crippen molar-refractivity contribution >= 4 is 17.5 Å². The lowest BCUT2D eigenvalue weighted by molar-refractivity contribution is -0.128. The first-order valence-corrected chi connectivity index (χ1v) is 7.74. The molecular weight excluding hydrogens is 278 g/mol. The number of anilines is 1. The lowest BCUT2D eigenvalue weighted by Crippen LogP contribution is -2.33. The maximum absolute atomic E-state index is 11.9. The molecule has 2 N–H and O–H groups in total. The summed E-state index contributed by atoms with van der Waals surface area (Å²) in [5.74, 6) is 0.0500. The van der Waals surface area contributed by atoms with Gasteiger partial charge in [0.05, 0.1) is 6.54 Å². The molecule has 0 aliphatic rings. The third kappa shape index (κ3) is 6.72. The molecule has 0 aliphatic heterocycles. The van der Waals surface area contributed by atoms with Gasteiger partial charge in [0, 0.05) is 32.2 Å². The van der Waals surface area contributed by atoms with E-state index in [0.717, 1.165) is 17.7 Å². The molecule has 5 nitrogen and oxygen atoms in total. The van der Waals surface area contributed by atoms with Crippen molar-refractivity contribution in [2.24, 2.45) is 0 Å². The maximum atomic E-state index is 11.9. The first-order chi connectivity index (χ1) is 10.4. The van der Waals surface area contributed by atoms with Crippen LogP contribution in [0.1, 0.15) is 32.3 Å². The van der Waals surface area contributed by atoms with Gasteiger partial charge < -0.3 is 15.5 Å². The molecule has 1 atom stereocenters. The van der Waals surface area contributed by atoms with Gasteiger partial charge in [-0.25, -0.2) is 0 Å². The predicted octanol–water partition coefficient (Wildman–Crippen LogP) is 2.03. The van der Waals surface area contributed by atoms with Gasteiger partial charge in [0.25, 0.3) is 0 Å². The Hall–Kier alpha value is -1.88. The molecule has 0 radical (unpaired) electrons. The Morgan fingerprint density at radius 1 is 1.27 bits per heavy atom. The lowest BCUT2D eigenvalue weighted by Gasteiger charge is -2.12. The highest BCUT2D eigenvalue weighted by Crippen LogP contribution is 2.12. The second-order valence-electron chi connectivity index (χ2n) is 5.73. The summed E-state index contributed by atoms with van der Waals surface area (Å²) in [6, 6.07) is 7.97. The molecule has 0 aliphatic carbocycles. The van der Waals surface area contributed by atoms with Crippen LogP contribution in [-0.2, 0) is 16.0 Å². The normalized spacial score (nSPS) is 11.8. The molecule has 5 heteroatoms. The fraction of sp³-hybridized carbons (Fsp3) is 0.529. The van der Waals surface area contributed by atoms with E-state index in [1.165, 1.54) is 0 Å². The zero-order valence-electron chi connectivity index (χ0n) is 14.0. The first-order valence-electron chi connectivity index (χ1n) is 7.74. The van der Waals surface area contributed by atoms with E-state index in [1.807, 2.05) is 24.3 Å². The lowest BCUT2D eigenvalue weighted by atomic mass is 10.1. The topological polar surface area (TPSA) is 61.4 Å². The van der Waals surface area contributed by atoms with E-state index in [4.69, 9.17) is 0 Å². The monoisotopic (exact) mass is 305 g/mol. The van der Waals surface area contributed by atoms with Crippen LogP contribution in [0.25, 0.3) is 0 Å². The number of benzene rings is 1. The molecule has 2 amide bonds. The summed E-state index contributed by atoms with van der Waals surface area (Å²) in [5.41, 5.74) is 1.81. The number of hydrogen-bond donors (Lipinski definition) is 2. The SMILES string of the molecule is CCC(C)NCC(=O)Nc1cccc(CCC(=O)N(C)C)c1. The number of carbonyl (C=O) groups excluding carboxylic acids is 2. The summed E-state index contributed by atoms with van der Waals surface area (Å²) >= 11 is 0. The third-order valence-electron chi connectivity index (χ3n) is 3.56. The Morgan fingerprint density at radius 2 is 2.00 bits per heavy atom. The molecule has 1 aromatic carbocycles. The van der Waals surface area contributed by atoms with Crippen LogP contribution < -0.4 is 10.6 Å². The highest BCUT2D eigenvalue weighted by atomic mass is 16.2. The fourth-order valence-electron chi connectivity index (χ4n) is 1.90. The molecule has 0 spiro atoms. The van der Waals surface area contributed by atoms with Gasteiger partial charge in [-0.05, 0) is 37.5 Å². The summed E-state index contributed by atoms with van der Waals surface area (Å²) in [4.78, 5) is 25.1. The highest BCUT2D eigenvalue weighted by molar-refractivity contribution is 5.92. The second kappa shape index (κ2) is 9.20. The van der Waals surface area contributed by atoms with Crippen LogP contribution in [0.2, 0.25) is 0 Å². The van der Waals surface area contributed by atoms with Gasteiger partial charge in [-0.2, -0.15) is 0 Å². The van der Waals surface area contributed by atoms with Crippen LogP contribution in [-0.4, -0.2) is 43.4 Å². The number of rotatable bonds is 8. The zero-order chi connectivity index (χ0) is 16.5. The van der Waals surface area contributed by atoms with Crippen molar-refractivity contribution in [3.8, 4) is 0 Å². The molecule has 1 unspecified atom stereocenters. The number of aryl methyl sites for hydroxylation is 1. The van der Waals surface area contributed by atoms with Crippen molar-refractivity contribution < 1.29 is 9.59 Å². The van der Waals surface area contributed by atoms with Crippen molar-refractivity contribution in [1.29, 1.82) is 0 Å². The zero-order valence-corrected chi connectivity index (χ0v) is 14.0. The van der Waals surface area contributed by atoms with E-state index < -0.39 is 0 Å². The number of amides is 2. The van der Waals surface area contributed by atoms with Crippen molar-refractivity contribution in [3.63, 3.8) is 0 Å². The fourth-order valence-corrected chi connectivity index (χ4v) is 1.90. The van der Waals surface area contributed by atoms with E-state index in [-0.39, 0.29) is 11.8 Å². The Balaban J connectivity index is 2.50. The molecule has 0 heterocycles. The molecule has 0 bridgehead atoms. The van der Waals surface area contributed by atoms with Crippen LogP contribution in [0.3, 0.4) is 0 Å². The molecule has 0 saturated carbocycles. The number of hydrogen-bond acceptors (Lipinski definition) is 3. The van der Waals surface area contributed by atoms with Crippen molar-refractivity contribution in [2.75, 3.05) is 26.0 Å². The van der Waals surface area contributed by atoms with Crippen molar-refractivity contribution in [2.45, 2.75) is 39.2 Å². The minimum atomic E-state index is -0.0539. The van der Waals surface area contributed by atoms with Gasteiger partial charge in [0.2, 0.25) is 11.8 Å². The van der Waals surface area contributed by atoms with E-state index in [1.54, 1.807) is 19.0 Å². The molecule has 0 saturated heterocycles. The van der Waals surface area contributed by atoms with Gasteiger partial charge >= 0.3 is 0 Å². The quantitative estimate of drug-likeness (QED) is 0.772. The van der Waals surface area contributed by atoms with Crippen LogP contribution in [0.5, 0.6) is 0 Å². The predicted molar refractivity (Wildman–Crippen MR) is 89.8 cm³/mol. The molecule has 0 fully saturated rings. The van der Waals surface area contributed by atoms with Crippen molar-refractivity contribution in [1.82, 2.24) is 10.2 Å². The van der Waals surface area contributed by atoms with Crippen LogP contribution >= 0.6 is 0 Å². The third-order valence-corrected chi connectivity index (χ3v) is 3.56. The van der Waals surface area contributed by atoms with E-state index in [0.29, 0.717) is 25.4 Å². The summed E-state index contributed by atoms with van der Waals surface area (Å²) < 4.78 is 0. The molecular formula is C17H27N3O2. The number of nitrogens with zero attached hydrogens (tertiary/aromatic N) is 1. The van der Waals surface area contributed by atoms with Gasteiger partial charge in [0.1, 0.15) is 0 Å². The van der Waals surface area contributed by atoms with Crippen molar-refractivity contribution in [3.05, 3.63) is 29.8 Å². The van der Waals surface area contributed by atoms with Gasteiger partial charge in [-0.1, -0.05) is 19.1 Å². The van der Waals surface area contributed by atoms with Gasteiger partial charge in [-0.15, -0.1) is 0 Å². The Kier molecular flexibility index (Phi) is 7.60. The first kappa shape index (κ1) is 18.2. The van der Waals surface area contributed by atoms with E-state index >= 15 is 0 Å². The number of nitrogens with one attached hydrogen (secondary N) is 2. The van der Waals surface area contributed by atoms with Crippen LogP contribution in [0, 0.1) is 0 Å². The average Bonchev–Trinajstić information content (AvgIpc) is 2.50. The average molecular weight is 305 g/mol. The second-order valence-corrected chi connectivity index (χ2v) is 5.73. The van der Waals surface area contributed by atoms with Crippen LogP contribution in [0.15, 0.2) is 24.3 Å². The summed E-state index contributed by atoms with van der Waals surface area (Å²) in [5, 5.41) is 6.03. The largest absolute Gasteiger partial charge is 0.349 e. The summed E-state index contributed by atoms with van der Waals surface area (Å²) in [6.45, 7) is 4.43. The van der Waals surface area contributed by atoms with E-state index in [9.17, 15) is 9.59 Å². The molecule has 0 aromatic heterocycles. The summed E-state index contributed by atoms with van der Waals surface area (Å²) in [6.07, 6.45) is 2.13.